The fourth-order valence-corrected chi connectivity index (χ4v) is 1.60. The van der Waals surface area contributed by atoms with E-state index in [1.165, 1.54) is 0 Å². The van der Waals surface area contributed by atoms with Crippen molar-refractivity contribution in [2.45, 2.75) is 46.6 Å². The molecule has 0 fully saturated rings. The molecule has 0 saturated heterocycles. The van der Waals surface area contributed by atoms with Gasteiger partial charge in [0.2, 0.25) is 0 Å². The van der Waals surface area contributed by atoms with Crippen molar-refractivity contribution in [3.63, 3.8) is 0 Å². The molecule has 0 aliphatic heterocycles. The van der Waals surface area contributed by atoms with Gasteiger partial charge >= 0.3 is 0 Å². The Bertz CT molecular complexity index is 130. The van der Waals surface area contributed by atoms with Crippen molar-refractivity contribution in [3.8, 4) is 0 Å². The molecule has 1 unspecified atom stereocenters. The maximum Gasteiger partial charge on any atom is 0.131 e. The zero-order valence-electron chi connectivity index (χ0n) is 8.76. The third-order valence-corrected chi connectivity index (χ3v) is 2.32. The van der Waals surface area contributed by atoms with Gasteiger partial charge in [-0.05, 0) is 26.4 Å². The van der Waals surface area contributed by atoms with Crippen LogP contribution in [0.25, 0.3) is 0 Å². The topological polar surface area (TPSA) is 20.3 Å². The molecule has 0 spiro atoms. The molecule has 1 atom stereocenters. The molecule has 2 nitrogen and oxygen atoms in total. The average molecular weight is 171 g/mol. The summed E-state index contributed by atoms with van der Waals surface area (Å²) in [5, 5.41) is 0. The fourth-order valence-electron chi connectivity index (χ4n) is 1.60. The molecule has 0 aromatic rings. The summed E-state index contributed by atoms with van der Waals surface area (Å²) in [5.74, 6) is 0.300. The highest BCUT2D eigenvalue weighted by molar-refractivity contribution is 5.76. The van der Waals surface area contributed by atoms with Crippen molar-refractivity contribution in [1.29, 1.82) is 0 Å². The molecule has 0 aliphatic carbocycles. The van der Waals surface area contributed by atoms with Crippen LogP contribution in [0.4, 0.5) is 0 Å². The lowest BCUT2D eigenvalue weighted by molar-refractivity contribution is -0.118. The zero-order chi connectivity index (χ0) is 9.56. The zero-order valence-corrected chi connectivity index (χ0v) is 8.76. The summed E-state index contributed by atoms with van der Waals surface area (Å²) in [4.78, 5) is 13.3. The number of nitrogens with zero attached hydrogens (tertiary/aromatic N) is 1. The monoisotopic (exact) mass is 171 g/mol. The summed E-state index contributed by atoms with van der Waals surface area (Å²) >= 11 is 0. The molecule has 0 aromatic heterocycles. The summed E-state index contributed by atoms with van der Waals surface area (Å²) in [6.07, 6.45) is 1.78. The third kappa shape index (κ3) is 3.86. The van der Waals surface area contributed by atoms with Crippen LogP contribution in [0.5, 0.6) is 0 Å². The Labute approximate surface area is 75.9 Å². The van der Waals surface area contributed by atoms with Gasteiger partial charge in [-0.1, -0.05) is 20.8 Å². The van der Waals surface area contributed by atoms with E-state index in [-0.39, 0.29) is 0 Å². The van der Waals surface area contributed by atoms with E-state index in [2.05, 4.69) is 25.7 Å². The molecule has 72 valence electrons. The van der Waals surface area contributed by atoms with Crippen LogP contribution >= 0.6 is 0 Å². The Morgan fingerprint density at radius 2 is 1.75 bits per heavy atom. The lowest BCUT2D eigenvalue weighted by atomic mass is 10.1. The van der Waals surface area contributed by atoms with Gasteiger partial charge < -0.3 is 4.90 Å². The second-order valence-electron chi connectivity index (χ2n) is 3.19. The Morgan fingerprint density at radius 3 is 2.00 bits per heavy atom. The quantitative estimate of drug-likeness (QED) is 0.610. The minimum atomic E-state index is 0.300. The predicted octanol–water partition coefficient (Wildman–Crippen LogP) is 2.09. The molecule has 0 heterocycles. The summed E-state index contributed by atoms with van der Waals surface area (Å²) in [6.45, 7) is 10.2. The molecule has 0 saturated carbocycles. The fraction of sp³-hybridized carbons (Fsp3) is 0.900. The minimum absolute atomic E-state index is 0.300. The van der Waals surface area contributed by atoms with Gasteiger partial charge in [-0.3, -0.25) is 4.79 Å². The number of Topliss-reactive ketones (excluding diaryl/α,β-unsaturated/α-hetero) is 1. The van der Waals surface area contributed by atoms with Gasteiger partial charge in [-0.15, -0.1) is 0 Å². The molecule has 0 aliphatic rings. The van der Waals surface area contributed by atoms with Crippen molar-refractivity contribution in [1.82, 2.24) is 4.90 Å². The number of carbonyl (C=O) groups excluding carboxylic acids is 1. The molecule has 0 bridgehead atoms. The van der Waals surface area contributed by atoms with E-state index in [1.54, 1.807) is 6.92 Å². The van der Waals surface area contributed by atoms with Crippen molar-refractivity contribution in [2.24, 2.45) is 0 Å². The summed E-state index contributed by atoms with van der Waals surface area (Å²) in [7, 11) is 0. The first kappa shape index (κ1) is 11.6. The first-order valence-electron chi connectivity index (χ1n) is 4.89. The molecule has 2 heteroatoms. The lowest BCUT2D eigenvalue weighted by Crippen LogP contribution is -2.35. The first-order chi connectivity index (χ1) is 5.65. The van der Waals surface area contributed by atoms with Gasteiger partial charge in [0.25, 0.3) is 0 Å². The van der Waals surface area contributed by atoms with Gasteiger partial charge in [0, 0.05) is 12.5 Å². The lowest BCUT2D eigenvalue weighted by Gasteiger charge is -2.27. The Morgan fingerprint density at radius 1 is 1.25 bits per heavy atom. The molecule has 0 N–H and O–H groups in total. The molecular formula is C10H21NO. The van der Waals surface area contributed by atoms with E-state index in [1.807, 2.05) is 0 Å². The van der Waals surface area contributed by atoms with Crippen LogP contribution in [0, 0.1) is 0 Å². The van der Waals surface area contributed by atoms with Crippen molar-refractivity contribution < 1.29 is 4.79 Å². The number of hydrogen-bond donors (Lipinski definition) is 0. The second kappa shape index (κ2) is 6.18. The number of ketones is 1. The van der Waals surface area contributed by atoms with Gasteiger partial charge in [0.05, 0.1) is 0 Å². The van der Waals surface area contributed by atoms with Crippen LogP contribution in [0.1, 0.15) is 40.5 Å². The average Bonchev–Trinajstić information content (AvgIpc) is 2.04. The Kier molecular flexibility index (Phi) is 5.99. The molecule has 0 amide bonds. The van der Waals surface area contributed by atoms with Gasteiger partial charge in [0.15, 0.2) is 0 Å². The van der Waals surface area contributed by atoms with Crippen molar-refractivity contribution in [2.75, 3.05) is 13.1 Å². The van der Waals surface area contributed by atoms with E-state index in [0.29, 0.717) is 18.2 Å². The Balaban J connectivity index is 4.01. The van der Waals surface area contributed by atoms with E-state index in [0.717, 1.165) is 19.5 Å². The normalized spacial score (nSPS) is 13.4. The van der Waals surface area contributed by atoms with E-state index >= 15 is 0 Å². The maximum atomic E-state index is 10.9. The van der Waals surface area contributed by atoms with Crippen LogP contribution in [-0.2, 0) is 4.79 Å². The van der Waals surface area contributed by atoms with Crippen molar-refractivity contribution in [3.05, 3.63) is 0 Å². The van der Waals surface area contributed by atoms with Crippen LogP contribution in [-0.4, -0.2) is 29.8 Å². The van der Waals surface area contributed by atoms with Crippen LogP contribution in [0.15, 0.2) is 0 Å². The molecule has 0 radical (unpaired) electrons. The highest BCUT2D eigenvalue weighted by Crippen LogP contribution is 2.08. The predicted molar refractivity (Wildman–Crippen MR) is 52.3 cm³/mol. The maximum absolute atomic E-state index is 10.9. The molecule has 0 rings (SSSR count). The number of carbonyl (C=O) groups is 1. The van der Waals surface area contributed by atoms with Crippen LogP contribution < -0.4 is 0 Å². The molecule has 12 heavy (non-hydrogen) atoms. The first-order valence-corrected chi connectivity index (χ1v) is 4.89. The number of hydrogen-bond acceptors (Lipinski definition) is 2. The summed E-state index contributed by atoms with van der Waals surface area (Å²) in [6, 6.07) is 0.456. The van der Waals surface area contributed by atoms with E-state index in [4.69, 9.17) is 0 Å². The van der Waals surface area contributed by atoms with Crippen LogP contribution in [0.3, 0.4) is 0 Å². The van der Waals surface area contributed by atoms with Gasteiger partial charge in [-0.25, -0.2) is 0 Å². The molecular weight excluding hydrogens is 150 g/mol. The van der Waals surface area contributed by atoms with E-state index < -0.39 is 0 Å². The minimum Gasteiger partial charge on any atom is -0.301 e. The van der Waals surface area contributed by atoms with E-state index in [9.17, 15) is 4.79 Å². The third-order valence-electron chi connectivity index (χ3n) is 2.32. The molecule has 0 aromatic carbocycles. The standard InChI is InChI=1S/C10H21NO/c1-5-10(8-9(4)12)11(6-2)7-3/h10H,5-8H2,1-4H3. The van der Waals surface area contributed by atoms with Crippen LogP contribution in [0.2, 0.25) is 0 Å². The van der Waals surface area contributed by atoms with Crippen molar-refractivity contribution >= 4 is 5.78 Å². The van der Waals surface area contributed by atoms with Gasteiger partial charge in [-0.2, -0.15) is 0 Å². The summed E-state index contributed by atoms with van der Waals surface area (Å²) in [5.41, 5.74) is 0. The largest absolute Gasteiger partial charge is 0.301 e. The highest BCUT2D eigenvalue weighted by Gasteiger charge is 2.14. The Hall–Kier alpha value is -0.370. The summed E-state index contributed by atoms with van der Waals surface area (Å²) < 4.78 is 0. The highest BCUT2D eigenvalue weighted by atomic mass is 16.1. The number of rotatable bonds is 6. The van der Waals surface area contributed by atoms with Gasteiger partial charge in [0.1, 0.15) is 5.78 Å². The second-order valence-corrected chi connectivity index (χ2v) is 3.19. The SMILES string of the molecule is CCC(CC(C)=O)N(CC)CC. The smallest absolute Gasteiger partial charge is 0.131 e.